The largest absolute Gasteiger partial charge is 0.229 e. The van der Waals surface area contributed by atoms with Crippen molar-refractivity contribution in [1.82, 2.24) is 0 Å². The molecule has 18 heavy (non-hydrogen) atoms. The number of hydrogen-bond acceptors (Lipinski definition) is 3. The molecule has 1 aromatic rings. The van der Waals surface area contributed by atoms with Crippen LogP contribution in [0.1, 0.15) is 49.2 Å². The van der Waals surface area contributed by atoms with E-state index in [0.29, 0.717) is 0 Å². The van der Waals surface area contributed by atoms with Gasteiger partial charge in [-0.2, -0.15) is 0 Å². The number of sulfone groups is 1. The van der Waals surface area contributed by atoms with E-state index in [1.807, 2.05) is 6.07 Å². The lowest BCUT2D eigenvalue weighted by molar-refractivity contribution is 0.550. The van der Waals surface area contributed by atoms with Crippen molar-refractivity contribution in [3.05, 3.63) is 21.9 Å². The van der Waals surface area contributed by atoms with E-state index in [9.17, 15) is 8.42 Å². The van der Waals surface area contributed by atoms with Crippen molar-refractivity contribution >= 4 is 37.1 Å². The Hall–Kier alpha value is 0.130. The van der Waals surface area contributed by atoms with Crippen molar-refractivity contribution in [1.29, 1.82) is 0 Å². The molecule has 0 aliphatic rings. The van der Waals surface area contributed by atoms with Gasteiger partial charge in [0.05, 0.1) is 9.57 Å². The van der Waals surface area contributed by atoms with Crippen LogP contribution in [-0.4, -0.2) is 19.4 Å². The highest BCUT2D eigenvalue weighted by Crippen LogP contribution is 2.43. The number of hydrogen-bond donors (Lipinski definition) is 0. The first-order valence-electron chi connectivity index (χ1n) is 5.81. The van der Waals surface area contributed by atoms with Gasteiger partial charge < -0.3 is 0 Å². The molecule has 0 bridgehead atoms. The fraction of sp³-hybridized carbons (Fsp3) is 0.692. The number of alkyl halides is 1. The molecule has 0 saturated heterocycles. The molecule has 0 N–H and O–H groups in total. The van der Waals surface area contributed by atoms with Crippen molar-refractivity contribution in [3.63, 3.8) is 0 Å². The molecular formula is C13H21BrO2S2. The van der Waals surface area contributed by atoms with Crippen molar-refractivity contribution in [2.24, 2.45) is 0 Å². The van der Waals surface area contributed by atoms with Gasteiger partial charge in [0, 0.05) is 16.0 Å². The molecule has 0 spiro atoms. The minimum atomic E-state index is -3.12. The maximum Gasteiger partial charge on any atom is 0.154 e. The van der Waals surface area contributed by atoms with Crippen molar-refractivity contribution in [2.75, 3.05) is 6.26 Å². The van der Waals surface area contributed by atoms with Gasteiger partial charge in [0.2, 0.25) is 0 Å². The summed E-state index contributed by atoms with van der Waals surface area (Å²) < 4.78 is 22.9. The first kappa shape index (κ1) is 16.2. The third-order valence-electron chi connectivity index (χ3n) is 3.18. The van der Waals surface area contributed by atoms with Crippen LogP contribution in [0.15, 0.2) is 12.1 Å². The van der Waals surface area contributed by atoms with Gasteiger partial charge in [-0.3, -0.25) is 0 Å². The molecule has 0 aromatic carbocycles. The molecule has 0 aliphatic carbocycles. The van der Waals surface area contributed by atoms with Crippen LogP contribution in [-0.2, 0) is 15.3 Å². The molecule has 0 saturated carbocycles. The summed E-state index contributed by atoms with van der Waals surface area (Å²) >= 11 is 5.23. The standard InChI is InChI=1S/C13H21BrO2S2/c1-12(2,3)10-8-7-9(17-10)11(14)13(4,5)18(6,15)16/h7-8,11H,1-6H3. The van der Waals surface area contributed by atoms with Crippen LogP contribution < -0.4 is 0 Å². The summed E-state index contributed by atoms with van der Waals surface area (Å²) in [4.78, 5) is 2.16. The van der Waals surface area contributed by atoms with Gasteiger partial charge in [0.1, 0.15) is 0 Å². The zero-order valence-electron chi connectivity index (χ0n) is 11.7. The second kappa shape index (κ2) is 4.91. The Morgan fingerprint density at radius 2 is 1.67 bits per heavy atom. The zero-order valence-corrected chi connectivity index (χ0v) is 15.0. The van der Waals surface area contributed by atoms with Crippen molar-refractivity contribution in [2.45, 2.75) is 49.6 Å². The zero-order chi connectivity index (χ0) is 14.4. The highest BCUT2D eigenvalue weighted by molar-refractivity contribution is 9.09. The van der Waals surface area contributed by atoms with E-state index in [1.165, 1.54) is 11.1 Å². The summed E-state index contributed by atoms with van der Waals surface area (Å²) in [6.45, 7) is 10.0. The van der Waals surface area contributed by atoms with E-state index < -0.39 is 14.6 Å². The number of halogens is 1. The van der Waals surface area contributed by atoms with Crippen LogP contribution in [0.2, 0.25) is 0 Å². The summed E-state index contributed by atoms with van der Waals surface area (Å²) in [7, 11) is -3.12. The Morgan fingerprint density at radius 1 is 1.17 bits per heavy atom. The van der Waals surface area contributed by atoms with Crippen LogP contribution >= 0.6 is 27.3 Å². The predicted molar refractivity (Wildman–Crippen MR) is 83.6 cm³/mol. The molecule has 104 valence electrons. The summed E-state index contributed by atoms with van der Waals surface area (Å²) in [5.41, 5.74) is 0.102. The minimum Gasteiger partial charge on any atom is -0.229 e. The molecule has 1 unspecified atom stereocenters. The molecule has 1 rings (SSSR count). The van der Waals surface area contributed by atoms with E-state index in [-0.39, 0.29) is 10.2 Å². The Kier molecular flexibility index (Phi) is 4.41. The van der Waals surface area contributed by atoms with E-state index in [1.54, 1.807) is 25.2 Å². The maximum absolute atomic E-state index is 11.8. The SMILES string of the molecule is CC(C)(C)c1ccc(C(Br)C(C)(C)S(C)(=O)=O)s1. The molecule has 2 nitrogen and oxygen atoms in total. The minimum absolute atomic E-state index is 0.102. The fourth-order valence-electron chi connectivity index (χ4n) is 1.42. The number of thiophene rings is 1. The molecule has 1 heterocycles. The molecule has 5 heteroatoms. The molecular weight excluding hydrogens is 332 g/mol. The molecule has 0 aliphatic heterocycles. The lowest BCUT2D eigenvalue weighted by Crippen LogP contribution is -2.34. The summed E-state index contributed by atoms with van der Waals surface area (Å²) in [6.07, 6.45) is 1.29. The third kappa shape index (κ3) is 3.17. The Labute approximate surface area is 123 Å². The Bertz CT molecular complexity index is 521. The molecule has 1 atom stereocenters. The van der Waals surface area contributed by atoms with Crippen LogP contribution in [0.3, 0.4) is 0 Å². The van der Waals surface area contributed by atoms with Crippen molar-refractivity contribution < 1.29 is 8.42 Å². The highest BCUT2D eigenvalue weighted by atomic mass is 79.9. The summed E-state index contributed by atoms with van der Waals surface area (Å²) in [5.74, 6) is 0. The van der Waals surface area contributed by atoms with Gasteiger partial charge in [-0.1, -0.05) is 36.7 Å². The quantitative estimate of drug-likeness (QED) is 0.759. The van der Waals surface area contributed by atoms with E-state index in [2.05, 4.69) is 42.8 Å². The second-order valence-electron chi connectivity index (χ2n) is 6.19. The number of rotatable bonds is 3. The molecule has 0 radical (unpaired) electrons. The topological polar surface area (TPSA) is 34.1 Å². The van der Waals surface area contributed by atoms with Gasteiger partial charge in [0.15, 0.2) is 9.84 Å². The van der Waals surface area contributed by atoms with Gasteiger partial charge >= 0.3 is 0 Å². The van der Waals surface area contributed by atoms with Crippen LogP contribution in [0.25, 0.3) is 0 Å². The van der Waals surface area contributed by atoms with E-state index in [4.69, 9.17) is 0 Å². The fourth-order valence-corrected chi connectivity index (χ4v) is 4.68. The first-order chi connectivity index (χ1) is 7.87. The van der Waals surface area contributed by atoms with Gasteiger partial charge in [-0.25, -0.2) is 8.42 Å². The summed E-state index contributed by atoms with van der Waals surface area (Å²) in [6, 6.07) is 4.12. The van der Waals surface area contributed by atoms with Crippen LogP contribution in [0.5, 0.6) is 0 Å². The lowest BCUT2D eigenvalue weighted by Gasteiger charge is -2.27. The molecule has 1 aromatic heterocycles. The van der Waals surface area contributed by atoms with E-state index in [0.717, 1.165) is 4.88 Å². The molecule has 0 fully saturated rings. The van der Waals surface area contributed by atoms with Gasteiger partial charge in [-0.05, 0) is 31.4 Å². The maximum atomic E-state index is 11.8. The molecule has 0 amide bonds. The predicted octanol–water partition coefficient (Wildman–Crippen LogP) is 4.30. The smallest absolute Gasteiger partial charge is 0.154 e. The average molecular weight is 353 g/mol. The van der Waals surface area contributed by atoms with Crippen LogP contribution in [0, 0.1) is 0 Å². The van der Waals surface area contributed by atoms with Gasteiger partial charge in [0.25, 0.3) is 0 Å². The second-order valence-corrected chi connectivity index (χ2v) is 10.8. The third-order valence-corrected chi connectivity index (χ3v) is 9.15. The average Bonchev–Trinajstić information content (AvgIpc) is 2.62. The van der Waals surface area contributed by atoms with Crippen LogP contribution in [0.4, 0.5) is 0 Å². The Morgan fingerprint density at radius 3 is 2.00 bits per heavy atom. The van der Waals surface area contributed by atoms with Gasteiger partial charge in [-0.15, -0.1) is 11.3 Å². The van der Waals surface area contributed by atoms with E-state index >= 15 is 0 Å². The monoisotopic (exact) mass is 352 g/mol. The first-order valence-corrected chi connectivity index (χ1v) is 9.43. The normalized spacial score (nSPS) is 15.7. The lowest BCUT2D eigenvalue weighted by atomic mass is 9.95. The highest BCUT2D eigenvalue weighted by Gasteiger charge is 2.39. The Balaban J connectivity index is 3.14. The van der Waals surface area contributed by atoms with Crippen molar-refractivity contribution in [3.8, 4) is 0 Å². The summed E-state index contributed by atoms with van der Waals surface area (Å²) in [5, 5.41) is 0.